The van der Waals surface area contributed by atoms with E-state index >= 15 is 0 Å². The van der Waals surface area contributed by atoms with E-state index in [1.165, 1.54) is 6.42 Å². The molecule has 1 aliphatic heterocycles. The molecule has 5 heteroatoms. The van der Waals surface area contributed by atoms with Crippen molar-refractivity contribution in [1.82, 2.24) is 9.97 Å². The van der Waals surface area contributed by atoms with Crippen LogP contribution in [0.4, 0.5) is 0 Å². The maximum Gasteiger partial charge on any atom is 0.223 e. The Morgan fingerprint density at radius 1 is 1.67 bits per heavy atom. The van der Waals surface area contributed by atoms with Crippen molar-refractivity contribution in [2.45, 2.75) is 30.9 Å². The molecule has 0 spiro atoms. The molecule has 0 saturated carbocycles. The molecular formula is C10H13ClN2OS. The third kappa shape index (κ3) is 3.06. The van der Waals surface area contributed by atoms with Crippen LogP contribution in [0.5, 0.6) is 0 Å². The Kier molecular flexibility index (Phi) is 3.83. The monoisotopic (exact) mass is 244 g/mol. The number of aryl methyl sites for hydroxylation is 1. The Labute approximate surface area is 98.6 Å². The van der Waals surface area contributed by atoms with E-state index in [4.69, 9.17) is 16.3 Å². The number of hydrogen-bond acceptors (Lipinski definition) is 4. The van der Waals surface area contributed by atoms with Gasteiger partial charge in [-0.15, -0.1) is 11.8 Å². The SMILES string of the molecule is Cc1cnc(Cl)nc1SCC1CCCO1. The van der Waals surface area contributed by atoms with Crippen molar-refractivity contribution in [2.75, 3.05) is 12.4 Å². The number of nitrogens with zero attached hydrogens (tertiary/aromatic N) is 2. The molecular weight excluding hydrogens is 232 g/mol. The summed E-state index contributed by atoms with van der Waals surface area (Å²) in [7, 11) is 0. The summed E-state index contributed by atoms with van der Waals surface area (Å²) in [4.78, 5) is 8.12. The van der Waals surface area contributed by atoms with Crippen molar-refractivity contribution in [2.24, 2.45) is 0 Å². The van der Waals surface area contributed by atoms with Crippen LogP contribution in [0.15, 0.2) is 11.2 Å². The van der Waals surface area contributed by atoms with Gasteiger partial charge in [-0.25, -0.2) is 9.97 Å². The smallest absolute Gasteiger partial charge is 0.223 e. The molecule has 1 saturated heterocycles. The third-order valence-corrected chi connectivity index (χ3v) is 3.73. The molecule has 3 nitrogen and oxygen atoms in total. The van der Waals surface area contributed by atoms with Gasteiger partial charge >= 0.3 is 0 Å². The second-order valence-corrected chi connectivity index (χ2v) is 4.92. The summed E-state index contributed by atoms with van der Waals surface area (Å²) in [5.74, 6) is 0.953. The highest BCUT2D eigenvalue weighted by molar-refractivity contribution is 7.99. The van der Waals surface area contributed by atoms with Gasteiger partial charge in [-0.3, -0.25) is 0 Å². The van der Waals surface area contributed by atoms with Crippen LogP contribution in [0, 0.1) is 6.92 Å². The quantitative estimate of drug-likeness (QED) is 0.465. The normalized spacial score (nSPS) is 20.8. The van der Waals surface area contributed by atoms with Gasteiger partial charge in [0.15, 0.2) is 0 Å². The molecule has 1 aromatic heterocycles. The number of ether oxygens (including phenoxy) is 1. The maximum atomic E-state index is 5.75. The molecule has 1 aliphatic rings. The van der Waals surface area contributed by atoms with Gasteiger partial charge in [0.2, 0.25) is 5.28 Å². The average molecular weight is 245 g/mol. The van der Waals surface area contributed by atoms with Crippen LogP contribution < -0.4 is 0 Å². The zero-order valence-electron chi connectivity index (χ0n) is 8.57. The van der Waals surface area contributed by atoms with E-state index in [0.717, 1.165) is 29.4 Å². The molecule has 0 radical (unpaired) electrons. The summed E-state index contributed by atoms with van der Waals surface area (Å²) >= 11 is 7.44. The number of halogens is 1. The minimum atomic E-state index is 0.315. The van der Waals surface area contributed by atoms with E-state index in [1.54, 1.807) is 18.0 Å². The highest BCUT2D eigenvalue weighted by atomic mass is 35.5. The molecule has 2 heterocycles. The van der Waals surface area contributed by atoms with Gasteiger partial charge < -0.3 is 4.74 Å². The van der Waals surface area contributed by atoms with E-state index in [0.29, 0.717) is 11.4 Å². The molecule has 1 fully saturated rings. The first-order valence-electron chi connectivity index (χ1n) is 4.99. The lowest BCUT2D eigenvalue weighted by Crippen LogP contribution is -2.08. The van der Waals surface area contributed by atoms with Crippen molar-refractivity contribution in [3.63, 3.8) is 0 Å². The number of aromatic nitrogens is 2. The number of hydrogen-bond donors (Lipinski definition) is 0. The first-order valence-corrected chi connectivity index (χ1v) is 6.35. The lowest BCUT2D eigenvalue weighted by molar-refractivity contribution is 0.129. The van der Waals surface area contributed by atoms with Gasteiger partial charge in [0.1, 0.15) is 5.03 Å². The molecule has 1 unspecified atom stereocenters. The fourth-order valence-electron chi connectivity index (χ4n) is 1.50. The van der Waals surface area contributed by atoms with Gasteiger partial charge in [0.05, 0.1) is 6.10 Å². The Morgan fingerprint density at radius 3 is 3.27 bits per heavy atom. The van der Waals surface area contributed by atoms with Gasteiger partial charge in [0, 0.05) is 18.6 Å². The summed E-state index contributed by atoms with van der Waals surface area (Å²) in [5.41, 5.74) is 1.07. The minimum Gasteiger partial charge on any atom is -0.377 e. The predicted molar refractivity (Wildman–Crippen MR) is 61.5 cm³/mol. The van der Waals surface area contributed by atoms with Crippen LogP contribution in [0.2, 0.25) is 5.28 Å². The lowest BCUT2D eigenvalue weighted by Gasteiger charge is -2.09. The Hall–Kier alpha value is -0.320. The van der Waals surface area contributed by atoms with Gasteiger partial charge in [-0.2, -0.15) is 0 Å². The molecule has 0 N–H and O–H groups in total. The largest absolute Gasteiger partial charge is 0.377 e. The van der Waals surface area contributed by atoms with Crippen LogP contribution in [-0.4, -0.2) is 28.4 Å². The topological polar surface area (TPSA) is 35.0 Å². The molecule has 0 aromatic carbocycles. The van der Waals surface area contributed by atoms with Crippen LogP contribution in [0.3, 0.4) is 0 Å². The van der Waals surface area contributed by atoms with Gasteiger partial charge in [-0.05, 0) is 36.9 Å². The van der Waals surface area contributed by atoms with Crippen molar-refractivity contribution in [3.05, 3.63) is 17.0 Å². The molecule has 0 bridgehead atoms. The van der Waals surface area contributed by atoms with Crippen molar-refractivity contribution in [1.29, 1.82) is 0 Å². The summed E-state index contributed by atoms with van der Waals surface area (Å²) in [6.45, 7) is 2.89. The van der Waals surface area contributed by atoms with Crippen LogP contribution >= 0.6 is 23.4 Å². The summed E-state index contributed by atoms with van der Waals surface area (Å²) in [6.07, 6.45) is 4.47. The highest BCUT2D eigenvalue weighted by Crippen LogP contribution is 2.25. The van der Waals surface area contributed by atoms with Gasteiger partial charge in [0.25, 0.3) is 0 Å². The minimum absolute atomic E-state index is 0.315. The van der Waals surface area contributed by atoms with E-state index in [2.05, 4.69) is 9.97 Å². The average Bonchev–Trinajstić information content (AvgIpc) is 2.72. The van der Waals surface area contributed by atoms with Crippen LogP contribution in [0.25, 0.3) is 0 Å². The predicted octanol–water partition coefficient (Wildman–Crippen LogP) is 2.71. The van der Waals surface area contributed by atoms with Crippen LogP contribution in [0.1, 0.15) is 18.4 Å². The van der Waals surface area contributed by atoms with E-state index in [9.17, 15) is 0 Å². The number of rotatable bonds is 3. The second-order valence-electron chi connectivity index (χ2n) is 3.57. The number of thioether (sulfide) groups is 1. The van der Waals surface area contributed by atoms with Crippen molar-refractivity contribution < 1.29 is 4.74 Å². The van der Waals surface area contributed by atoms with E-state index in [-0.39, 0.29) is 0 Å². The summed E-state index contributed by atoms with van der Waals surface area (Å²) < 4.78 is 5.55. The van der Waals surface area contributed by atoms with Crippen LogP contribution in [-0.2, 0) is 4.74 Å². The molecule has 15 heavy (non-hydrogen) atoms. The lowest BCUT2D eigenvalue weighted by atomic mass is 10.3. The van der Waals surface area contributed by atoms with Gasteiger partial charge in [-0.1, -0.05) is 0 Å². The third-order valence-electron chi connectivity index (χ3n) is 2.33. The highest BCUT2D eigenvalue weighted by Gasteiger charge is 2.16. The Balaban J connectivity index is 1.94. The Bertz CT molecular complexity index is 342. The molecule has 82 valence electrons. The fraction of sp³-hybridized carbons (Fsp3) is 0.600. The summed E-state index contributed by atoms with van der Waals surface area (Å²) in [6, 6.07) is 0. The zero-order chi connectivity index (χ0) is 10.7. The maximum absolute atomic E-state index is 5.75. The first-order chi connectivity index (χ1) is 7.25. The summed E-state index contributed by atoms with van der Waals surface area (Å²) in [5, 5.41) is 1.28. The molecule has 2 rings (SSSR count). The molecule has 1 atom stereocenters. The molecule has 1 aromatic rings. The van der Waals surface area contributed by atoms with E-state index in [1.807, 2.05) is 6.92 Å². The Morgan fingerprint density at radius 2 is 2.53 bits per heavy atom. The molecule has 0 aliphatic carbocycles. The van der Waals surface area contributed by atoms with Crippen molar-refractivity contribution >= 4 is 23.4 Å². The zero-order valence-corrected chi connectivity index (χ0v) is 10.1. The standard InChI is InChI=1S/C10H13ClN2OS/c1-7-5-12-10(11)13-9(7)15-6-8-3-2-4-14-8/h5,8H,2-4,6H2,1H3. The first kappa shape index (κ1) is 11.2. The van der Waals surface area contributed by atoms with Crippen molar-refractivity contribution in [3.8, 4) is 0 Å². The fourth-order valence-corrected chi connectivity index (χ4v) is 2.72. The molecule has 0 amide bonds. The second kappa shape index (κ2) is 5.14. The van der Waals surface area contributed by atoms with E-state index < -0.39 is 0 Å².